The van der Waals surface area contributed by atoms with Crippen LogP contribution in [0, 0.1) is 0 Å². The zero-order valence-electron chi connectivity index (χ0n) is 14.1. The summed E-state index contributed by atoms with van der Waals surface area (Å²) in [6.45, 7) is 3.36. The molecule has 0 aromatic heterocycles. The van der Waals surface area contributed by atoms with Gasteiger partial charge in [-0.05, 0) is 23.8 Å². The van der Waals surface area contributed by atoms with Gasteiger partial charge in [0.1, 0.15) is 0 Å². The second-order valence-corrected chi connectivity index (χ2v) is 7.04. The van der Waals surface area contributed by atoms with E-state index in [-0.39, 0.29) is 0 Å². The van der Waals surface area contributed by atoms with Gasteiger partial charge >= 0.3 is 11.8 Å². The predicted octanol–water partition coefficient (Wildman–Crippen LogP) is 3.28. The molecule has 0 unspecified atom stereocenters. The summed E-state index contributed by atoms with van der Waals surface area (Å²) in [5, 5.41) is 3.35. The van der Waals surface area contributed by atoms with Crippen molar-refractivity contribution in [3.8, 4) is 0 Å². The van der Waals surface area contributed by atoms with E-state index in [4.69, 9.17) is 23.2 Å². The van der Waals surface area contributed by atoms with Crippen molar-refractivity contribution in [2.75, 3.05) is 31.5 Å². The summed E-state index contributed by atoms with van der Waals surface area (Å²) in [6.07, 6.45) is 0. The molecule has 3 rings (SSSR count). The van der Waals surface area contributed by atoms with E-state index in [0.717, 1.165) is 19.6 Å². The Balaban J connectivity index is 1.52. The highest BCUT2D eigenvalue weighted by molar-refractivity contribution is 6.40. The molecule has 1 aliphatic rings. The normalized spacial score (nSPS) is 14.9. The molecule has 1 fully saturated rings. The van der Waals surface area contributed by atoms with Gasteiger partial charge in [-0.2, -0.15) is 0 Å². The Morgan fingerprint density at radius 3 is 2.15 bits per heavy atom. The van der Waals surface area contributed by atoms with Crippen molar-refractivity contribution < 1.29 is 9.59 Å². The molecule has 2 amide bonds. The number of amides is 2. The topological polar surface area (TPSA) is 52.7 Å². The lowest BCUT2D eigenvalue weighted by Crippen LogP contribution is -2.51. The maximum absolute atomic E-state index is 12.4. The van der Waals surface area contributed by atoms with Crippen LogP contribution < -0.4 is 5.32 Å². The van der Waals surface area contributed by atoms with Crippen LogP contribution in [0.1, 0.15) is 5.56 Å². The first-order valence-electron chi connectivity index (χ1n) is 8.34. The molecule has 0 atom stereocenters. The van der Waals surface area contributed by atoms with E-state index in [0.29, 0.717) is 28.8 Å². The predicted molar refractivity (Wildman–Crippen MR) is 103 cm³/mol. The molecule has 26 heavy (non-hydrogen) atoms. The van der Waals surface area contributed by atoms with Gasteiger partial charge in [-0.1, -0.05) is 53.5 Å². The van der Waals surface area contributed by atoms with Gasteiger partial charge < -0.3 is 10.2 Å². The third-order valence-corrected chi connectivity index (χ3v) is 4.66. The van der Waals surface area contributed by atoms with Crippen molar-refractivity contribution in [3.05, 3.63) is 64.1 Å². The first-order valence-corrected chi connectivity index (χ1v) is 9.09. The zero-order valence-corrected chi connectivity index (χ0v) is 15.6. The molecule has 7 heteroatoms. The zero-order chi connectivity index (χ0) is 18.5. The Hall–Kier alpha value is -2.08. The number of rotatable bonds is 3. The highest BCUT2D eigenvalue weighted by atomic mass is 35.5. The third-order valence-electron chi connectivity index (χ3n) is 4.22. The quantitative estimate of drug-likeness (QED) is 0.816. The summed E-state index contributed by atoms with van der Waals surface area (Å²) >= 11 is 11.8. The lowest BCUT2D eigenvalue weighted by Gasteiger charge is -2.34. The Morgan fingerprint density at radius 2 is 1.54 bits per heavy atom. The Morgan fingerprint density at radius 1 is 0.923 bits per heavy atom. The van der Waals surface area contributed by atoms with Crippen molar-refractivity contribution in [1.82, 2.24) is 9.80 Å². The van der Waals surface area contributed by atoms with Crippen molar-refractivity contribution in [2.24, 2.45) is 0 Å². The molecule has 5 nitrogen and oxygen atoms in total. The van der Waals surface area contributed by atoms with Crippen LogP contribution in [0.2, 0.25) is 10.0 Å². The molecule has 1 saturated heterocycles. The molecule has 0 radical (unpaired) electrons. The van der Waals surface area contributed by atoms with Crippen LogP contribution in [0.3, 0.4) is 0 Å². The summed E-state index contributed by atoms with van der Waals surface area (Å²) in [7, 11) is 0. The van der Waals surface area contributed by atoms with E-state index in [1.165, 1.54) is 5.56 Å². The minimum atomic E-state index is -0.681. The molecule has 0 aliphatic carbocycles. The van der Waals surface area contributed by atoms with Crippen molar-refractivity contribution >= 4 is 40.7 Å². The fraction of sp³-hybridized carbons (Fsp3) is 0.263. The van der Waals surface area contributed by atoms with Gasteiger partial charge in [-0.3, -0.25) is 14.5 Å². The highest BCUT2D eigenvalue weighted by Gasteiger charge is 2.26. The molecular weight excluding hydrogens is 373 g/mol. The van der Waals surface area contributed by atoms with Crippen molar-refractivity contribution in [2.45, 2.75) is 6.54 Å². The number of halogens is 2. The van der Waals surface area contributed by atoms with Gasteiger partial charge in [-0.25, -0.2) is 0 Å². The van der Waals surface area contributed by atoms with Crippen LogP contribution in [0.25, 0.3) is 0 Å². The van der Waals surface area contributed by atoms with E-state index in [9.17, 15) is 9.59 Å². The van der Waals surface area contributed by atoms with Gasteiger partial charge in [0.05, 0.1) is 0 Å². The average molecular weight is 392 g/mol. The average Bonchev–Trinajstić information content (AvgIpc) is 2.62. The smallest absolute Gasteiger partial charge is 0.313 e. The molecule has 2 aromatic carbocycles. The standard InChI is InChI=1S/C19H19Cl2N3O2/c20-15-10-16(21)12-17(11-15)22-18(25)19(26)24-8-6-23(7-9-24)13-14-4-2-1-3-5-14/h1-5,10-12H,6-9,13H2,(H,22,25). The van der Waals surface area contributed by atoms with E-state index in [2.05, 4.69) is 22.3 Å². The monoisotopic (exact) mass is 391 g/mol. The van der Waals surface area contributed by atoms with Gasteiger partial charge in [0.15, 0.2) is 0 Å². The van der Waals surface area contributed by atoms with Gasteiger partial charge in [0.25, 0.3) is 0 Å². The lowest BCUT2D eigenvalue weighted by molar-refractivity contribution is -0.144. The third kappa shape index (κ3) is 4.97. The molecule has 1 aliphatic heterocycles. The first kappa shape index (κ1) is 18.7. The van der Waals surface area contributed by atoms with Crippen LogP contribution >= 0.6 is 23.2 Å². The van der Waals surface area contributed by atoms with E-state index < -0.39 is 11.8 Å². The number of anilines is 1. The molecule has 0 saturated carbocycles. The second-order valence-electron chi connectivity index (χ2n) is 6.17. The number of piperazine rings is 1. The first-order chi connectivity index (χ1) is 12.5. The highest BCUT2D eigenvalue weighted by Crippen LogP contribution is 2.22. The summed E-state index contributed by atoms with van der Waals surface area (Å²) in [6, 6.07) is 14.9. The summed E-state index contributed by atoms with van der Waals surface area (Å²) in [4.78, 5) is 28.4. The number of carbonyl (C=O) groups is 2. The fourth-order valence-corrected chi connectivity index (χ4v) is 3.43. The van der Waals surface area contributed by atoms with Gasteiger partial charge in [0, 0.05) is 48.5 Å². The SMILES string of the molecule is O=C(Nc1cc(Cl)cc(Cl)c1)C(=O)N1CCN(Cc2ccccc2)CC1. The van der Waals surface area contributed by atoms with Crippen LogP contribution in [-0.2, 0) is 16.1 Å². The Bertz CT molecular complexity index is 770. The summed E-state index contributed by atoms with van der Waals surface area (Å²) in [5.74, 6) is -1.22. The van der Waals surface area contributed by atoms with Gasteiger partial charge in [-0.15, -0.1) is 0 Å². The number of benzene rings is 2. The van der Waals surface area contributed by atoms with Crippen molar-refractivity contribution in [3.63, 3.8) is 0 Å². The Kier molecular flexibility index (Phi) is 6.14. The maximum atomic E-state index is 12.4. The molecule has 1 heterocycles. The number of nitrogens with one attached hydrogen (secondary N) is 1. The fourth-order valence-electron chi connectivity index (χ4n) is 2.90. The molecule has 0 spiro atoms. The second kappa shape index (κ2) is 8.54. The lowest BCUT2D eigenvalue weighted by atomic mass is 10.2. The van der Waals surface area contributed by atoms with Crippen LogP contribution in [0.4, 0.5) is 5.69 Å². The largest absolute Gasteiger partial charge is 0.332 e. The molecular formula is C19H19Cl2N3O2. The van der Waals surface area contributed by atoms with E-state index in [1.54, 1.807) is 23.1 Å². The van der Waals surface area contributed by atoms with E-state index >= 15 is 0 Å². The minimum Gasteiger partial charge on any atom is -0.332 e. The van der Waals surface area contributed by atoms with Crippen LogP contribution in [0.15, 0.2) is 48.5 Å². The van der Waals surface area contributed by atoms with Gasteiger partial charge in [0.2, 0.25) is 0 Å². The number of nitrogens with zero attached hydrogens (tertiary/aromatic N) is 2. The number of carbonyl (C=O) groups excluding carboxylic acids is 2. The summed E-state index contributed by atoms with van der Waals surface area (Å²) in [5.41, 5.74) is 1.64. The summed E-state index contributed by atoms with van der Waals surface area (Å²) < 4.78 is 0. The Labute approximate surface area is 162 Å². The number of hydrogen-bond acceptors (Lipinski definition) is 3. The molecule has 2 aromatic rings. The maximum Gasteiger partial charge on any atom is 0.313 e. The van der Waals surface area contributed by atoms with Crippen LogP contribution in [-0.4, -0.2) is 47.8 Å². The molecule has 0 bridgehead atoms. The molecule has 136 valence electrons. The minimum absolute atomic E-state index is 0.398. The van der Waals surface area contributed by atoms with Crippen LogP contribution in [0.5, 0.6) is 0 Å². The van der Waals surface area contributed by atoms with E-state index in [1.807, 2.05) is 18.2 Å². The number of hydrogen-bond donors (Lipinski definition) is 1. The van der Waals surface area contributed by atoms with Crippen molar-refractivity contribution in [1.29, 1.82) is 0 Å². The molecule has 1 N–H and O–H groups in total.